The lowest BCUT2D eigenvalue weighted by atomic mass is 10.1. The van der Waals surface area contributed by atoms with Crippen LogP contribution >= 0.6 is 0 Å². The molecule has 0 bridgehead atoms. The minimum absolute atomic E-state index is 0.495. The van der Waals surface area contributed by atoms with Gasteiger partial charge in [-0.15, -0.1) is 0 Å². The predicted octanol–water partition coefficient (Wildman–Crippen LogP) is 2.48. The highest BCUT2D eigenvalue weighted by Crippen LogP contribution is 2.11. The molecular formula is C16H21N3. The van der Waals surface area contributed by atoms with Crippen molar-refractivity contribution in [3.05, 3.63) is 65.0 Å². The van der Waals surface area contributed by atoms with E-state index in [1.54, 1.807) is 0 Å². The van der Waals surface area contributed by atoms with Crippen LogP contribution in [0.15, 0.2) is 42.5 Å². The fourth-order valence-corrected chi connectivity index (χ4v) is 2.14. The smallest absolute Gasteiger partial charge is 0.0547 e. The maximum atomic E-state index is 5.62. The molecule has 2 N–H and O–H groups in total. The van der Waals surface area contributed by atoms with Crippen LogP contribution in [0.2, 0.25) is 0 Å². The van der Waals surface area contributed by atoms with Gasteiger partial charge in [-0.1, -0.05) is 30.3 Å². The maximum Gasteiger partial charge on any atom is 0.0547 e. The van der Waals surface area contributed by atoms with Crippen LogP contribution in [0.3, 0.4) is 0 Å². The fraction of sp³-hybridized carbons (Fsp3) is 0.312. The summed E-state index contributed by atoms with van der Waals surface area (Å²) >= 11 is 0. The van der Waals surface area contributed by atoms with Gasteiger partial charge in [0.15, 0.2) is 0 Å². The molecule has 3 heteroatoms. The molecule has 19 heavy (non-hydrogen) atoms. The second kappa shape index (κ2) is 6.45. The first-order valence-electron chi connectivity index (χ1n) is 6.57. The summed E-state index contributed by atoms with van der Waals surface area (Å²) < 4.78 is 0. The Morgan fingerprint density at radius 1 is 1.00 bits per heavy atom. The van der Waals surface area contributed by atoms with E-state index >= 15 is 0 Å². The lowest BCUT2D eigenvalue weighted by Gasteiger charge is -2.17. The molecule has 0 aliphatic rings. The molecule has 100 valence electrons. The van der Waals surface area contributed by atoms with Crippen LogP contribution in [0.1, 0.15) is 22.5 Å². The zero-order valence-corrected chi connectivity index (χ0v) is 11.6. The number of hydrogen-bond acceptors (Lipinski definition) is 3. The number of pyridine rings is 1. The molecule has 0 radical (unpaired) electrons. The molecule has 3 nitrogen and oxygen atoms in total. The third kappa shape index (κ3) is 3.88. The number of nitrogens with zero attached hydrogens (tertiary/aromatic N) is 2. The summed E-state index contributed by atoms with van der Waals surface area (Å²) in [5.74, 6) is 0. The zero-order chi connectivity index (χ0) is 13.7. The topological polar surface area (TPSA) is 42.1 Å². The van der Waals surface area contributed by atoms with E-state index in [4.69, 9.17) is 5.73 Å². The van der Waals surface area contributed by atoms with Crippen molar-refractivity contribution in [1.82, 2.24) is 9.88 Å². The lowest BCUT2D eigenvalue weighted by Crippen LogP contribution is -2.19. The molecule has 0 saturated heterocycles. The van der Waals surface area contributed by atoms with Crippen molar-refractivity contribution >= 4 is 0 Å². The van der Waals surface area contributed by atoms with E-state index in [0.29, 0.717) is 6.54 Å². The molecule has 0 unspecified atom stereocenters. The molecule has 2 aromatic rings. The minimum Gasteiger partial charge on any atom is -0.325 e. The van der Waals surface area contributed by atoms with Gasteiger partial charge in [-0.25, -0.2) is 0 Å². The van der Waals surface area contributed by atoms with Crippen LogP contribution in [0.25, 0.3) is 0 Å². The van der Waals surface area contributed by atoms with Gasteiger partial charge in [0.25, 0.3) is 0 Å². The lowest BCUT2D eigenvalue weighted by molar-refractivity contribution is 0.314. The van der Waals surface area contributed by atoms with Gasteiger partial charge in [0.1, 0.15) is 0 Å². The van der Waals surface area contributed by atoms with Crippen LogP contribution in [-0.2, 0) is 19.6 Å². The second-order valence-corrected chi connectivity index (χ2v) is 4.92. The molecule has 0 aliphatic carbocycles. The summed E-state index contributed by atoms with van der Waals surface area (Å²) in [6.07, 6.45) is 0. The first kappa shape index (κ1) is 13.7. The molecule has 0 saturated carbocycles. The third-order valence-corrected chi connectivity index (χ3v) is 3.21. The van der Waals surface area contributed by atoms with Crippen molar-refractivity contribution in [3.63, 3.8) is 0 Å². The number of aryl methyl sites for hydroxylation is 1. The monoisotopic (exact) mass is 255 g/mol. The Balaban J connectivity index is 2.01. The molecular weight excluding hydrogens is 234 g/mol. The molecule has 0 fully saturated rings. The Labute approximate surface area is 115 Å². The largest absolute Gasteiger partial charge is 0.325 e. The standard InChI is InChI=1S/C16H21N3/c1-13-6-3-4-7-14(13)11-19(2)12-16-9-5-8-15(10-17)18-16/h3-9H,10-12,17H2,1-2H3. The van der Waals surface area contributed by atoms with Gasteiger partial charge in [0.05, 0.1) is 11.4 Å². The second-order valence-electron chi connectivity index (χ2n) is 4.92. The van der Waals surface area contributed by atoms with E-state index in [2.05, 4.69) is 48.1 Å². The van der Waals surface area contributed by atoms with Gasteiger partial charge in [0, 0.05) is 19.6 Å². The number of benzene rings is 1. The first-order valence-corrected chi connectivity index (χ1v) is 6.57. The molecule has 0 aliphatic heterocycles. The molecule has 2 rings (SSSR count). The van der Waals surface area contributed by atoms with Crippen LogP contribution < -0.4 is 5.73 Å². The van der Waals surface area contributed by atoms with Crippen LogP contribution in [-0.4, -0.2) is 16.9 Å². The third-order valence-electron chi connectivity index (χ3n) is 3.21. The highest BCUT2D eigenvalue weighted by Gasteiger charge is 2.05. The van der Waals surface area contributed by atoms with Gasteiger partial charge in [-0.05, 0) is 37.2 Å². The Morgan fingerprint density at radius 2 is 1.74 bits per heavy atom. The fourth-order valence-electron chi connectivity index (χ4n) is 2.14. The summed E-state index contributed by atoms with van der Waals surface area (Å²) in [6, 6.07) is 14.5. The highest BCUT2D eigenvalue weighted by molar-refractivity contribution is 5.25. The van der Waals surface area contributed by atoms with Gasteiger partial charge >= 0.3 is 0 Å². The maximum absolute atomic E-state index is 5.62. The summed E-state index contributed by atoms with van der Waals surface area (Å²) in [5, 5.41) is 0. The van der Waals surface area contributed by atoms with E-state index in [0.717, 1.165) is 24.5 Å². The first-order chi connectivity index (χ1) is 9.19. The molecule has 1 aromatic heterocycles. The van der Waals surface area contributed by atoms with Crippen LogP contribution in [0.4, 0.5) is 0 Å². The van der Waals surface area contributed by atoms with Crippen molar-refractivity contribution in [1.29, 1.82) is 0 Å². The average Bonchev–Trinajstić information content (AvgIpc) is 2.41. The SMILES string of the molecule is Cc1ccccc1CN(C)Cc1cccc(CN)n1. The van der Waals surface area contributed by atoms with E-state index in [9.17, 15) is 0 Å². The molecule has 1 aromatic carbocycles. The predicted molar refractivity (Wildman–Crippen MR) is 78.5 cm³/mol. The van der Waals surface area contributed by atoms with E-state index in [-0.39, 0.29) is 0 Å². The van der Waals surface area contributed by atoms with Gasteiger partial charge in [-0.3, -0.25) is 9.88 Å². The summed E-state index contributed by atoms with van der Waals surface area (Å²) in [4.78, 5) is 6.80. The van der Waals surface area contributed by atoms with Gasteiger partial charge in [-0.2, -0.15) is 0 Å². The van der Waals surface area contributed by atoms with Crippen molar-refractivity contribution in [2.75, 3.05) is 7.05 Å². The highest BCUT2D eigenvalue weighted by atomic mass is 15.1. The molecule has 0 amide bonds. The Morgan fingerprint density at radius 3 is 2.47 bits per heavy atom. The molecule has 0 atom stereocenters. The normalized spacial score (nSPS) is 10.9. The van der Waals surface area contributed by atoms with Gasteiger partial charge in [0.2, 0.25) is 0 Å². The number of hydrogen-bond donors (Lipinski definition) is 1. The van der Waals surface area contributed by atoms with Gasteiger partial charge < -0.3 is 5.73 Å². The summed E-state index contributed by atoms with van der Waals surface area (Å²) in [5.41, 5.74) is 10.3. The number of nitrogens with two attached hydrogens (primary N) is 1. The zero-order valence-electron chi connectivity index (χ0n) is 11.6. The van der Waals surface area contributed by atoms with Crippen LogP contribution in [0.5, 0.6) is 0 Å². The Kier molecular flexibility index (Phi) is 4.66. The van der Waals surface area contributed by atoms with E-state index in [1.807, 2.05) is 18.2 Å². The Bertz CT molecular complexity index is 537. The average molecular weight is 255 g/mol. The minimum atomic E-state index is 0.495. The van der Waals surface area contributed by atoms with Crippen molar-refractivity contribution in [3.8, 4) is 0 Å². The van der Waals surface area contributed by atoms with E-state index in [1.165, 1.54) is 11.1 Å². The summed E-state index contributed by atoms with van der Waals surface area (Å²) in [7, 11) is 2.11. The van der Waals surface area contributed by atoms with E-state index < -0.39 is 0 Å². The van der Waals surface area contributed by atoms with Crippen molar-refractivity contribution in [2.24, 2.45) is 5.73 Å². The molecule has 0 spiro atoms. The Hall–Kier alpha value is -1.71. The molecule has 1 heterocycles. The van der Waals surface area contributed by atoms with Crippen LogP contribution in [0, 0.1) is 6.92 Å². The number of rotatable bonds is 5. The quantitative estimate of drug-likeness (QED) is 0.892. The van der Waals surface area contributed by atoms with Crippen molar-refractivity contribution < 1.29 is 0 Å². The summed E-state index contributed by atoms with van der Waals surface area (Å²) in [6.45, 7) is 4.41. The number of aromatic nitrogens is 1. The van der Waals surface area contributed by atoms with Crippen molar-refractivity contribution in [2.45, 2.75) is 26.6 Å².